The number of amides is 1. The summed E-state index contributed by atoms with van der Waals surface area (Å²) in [6.45, 7) is 1.49. The molecule has 0 atom stereocenters. The summed E-state index contributed by atoms with van der Waals surface area (Å²) in [6.07, 6.45) is 3.50. The van der Waals surface area contributed by atoms with Crippen LogP contribution in [0.5, 0.6) is 0 Å². The Morgan fingerprint density at radius 1 is 1.21 bits per heavy atom. The van der Waals surface area contributed by atoms with E-state index >= 15 is 0 Å². The number of carbonyl (C=O) groups excluding carboxylic acids is 1. The quantitative estimate of drug-likeness (QED) is 0.269. The Morgan fingerprint density at radius 2 is 2.03 bits per heavy atom. The Bertz CT molecular complexity index is 1260. The zero-order valence-electron chi connectivity index (χ0n) is 17.9. The zero-order chi connectivity index (χ0) is 23.2. The average Bonchev–Trinajstić information content (AvgIpc) is 3.16. The lowest BCUT2D eigenvalue weighted by Gasteiger charge is -2.11. The number of imidazole rings is 1. The molecule has 0 spiro atoms. The van der Waals surface area contributed by atoms with Crippen LogP contribution in [0.3, 0.4) is 0 Å². The SMILES string of the molecule is COCCNC(=O)c1ccc(Cn2c(SCc3ccc(F)cc3Cl)nc3ccncc32)cc1. The van der Waals surface area contributed by atoms with E-state index in [1.165, 1.54) is 23.9 Å². The van der Waals surface area contributed by atoms with Crippen molar-refractivity contribution in [3.05, 3.63) is 88.5 Å². The monoisotopic (exact) mass is 484 g/mol. The minimum atomic E-state index is -0.358. The van der Waals surface area contributed by atoms with Gasteiger partial charge in [0.2, 0.25) is 0 Å². The summed E-state index contributed by atoms with van der Waals surface area (Å²) >= 11 is 7.72. The van der Waals surface area contributed by atoms with E-state index in [1.807, 2.05) is 18.2 Å². The van der Waals surface area contributed by atoms with Crippen LogP contribution in [-0.4, -0.2) is 40.7 Å². The molecule has 2 aromatic carbocycles. The van der Waals surface area contributed by atoms with Crippen LogP contribution in [0, 0.1) is 5.82 Å². The Labute approximate surface area is 200 Å². The van der Waals surface area contributed by atoms with Gasteiger partial charge in [0.1, 0.15) is 5.82 Å². The molecule has 0 unspecified atom stereocenters. The number of methoxy groups -OCH3 is 1. The van der Waals surface area contributed by atoms with E-state index in [9.17, 15) is 9.18 Å². The second-order valence-corrected chi connectivity index (χ2v) is 8.66. The van der Waals surface area contributed by atoms with Crippen LogP contribution in [0.15, 0.2) is 66.1 Å². The zero-order valence-corrected chi connectivity index (χ0v) is 19.5. The second kappa shape index (κ2) is 10.8. The lowest BCUT2D eigenvalue weighted by molar-refractivity contribution is 0.0937. The number of hydrogen-bond acceptors (Lipinski definition) is 5. The van der Waals surface area contributed by atoms with E-state index in [1.54, 1.807) is 37.7 Å². The number of thioether (sulfide) groups is 1. The van der Waals surface area contributed by atoms with Crippen LogP contribution in [0.1, 0.15) is 21.5 Å². The van der Waals surface area contributed by atoms with Crippen LogP contribution in [-0.2, 0) is 17.0 Å². The Balaban J connectivity index is 1.54. The number of benzene rings is 2. The van der Waals surface area contributed by atoms with Gasteiger partial charge in [-0.1, -0.05) is 41.6 Å². The summed E-state index contributed by atoms with van der Waals surface area (Å²) < 4.78 is 20.4. The summed E-state index contributed by atoms with van der Waals surface area (Å²) in [5, 5.41) is 4.01. The number of rotatable bonds is 9. The fourth-order valence-corrected chi connectivity index (χ4v) is 4.64. The molecule has 6 nitrogen and oxygen atoms in total. The van der Waals surface area contributed by atoms with Gasteiger partial charge >= 0.3 is 0 Å². The topological polar surface area (TPSA) is 69.0 Å². The molecule has 0 saturated carbocycles. The molecule has 2 aromatic heterocycles. The first-order chi connectivity index (χ1) is 16.0. The van der Waals surface area contributed by atoms with E-state index in [4.69, 9.17) is 21.3 Å². The largest absolute Gasteiger partial charge is 0.383 e. The third kappa shape index (κ3) is 5.71. The first-order valence-corrected chi connectivity index (χ1v) is 11.6. The number of ether oxygens (including phenoxy) is 1. The summed E-state index contributed by atoms with van der Waals surface area (Å²) in [7, 11) is 1.59. The van der Waals surface area contributed by atoms with Gasteiger partial charge in [-0.05, 0) is 41.5 Å². The molecule has 0 aliphatic carbocycles. The summed E-state index contributed by atoms with van der Waals surface area (Å²) in [5.74, 6) is 0.0578. The van der Waals surface area contributed by atoms with Crippen molar-refractivity contribution in [3.8, 4) is 0 Å². The molecule has 2 heterocycles. The number of halogens is 2. The van der Waals surface area contributed by atoms with Gasteiger partial charge < -0.3 is 14.6 Å². The Hall–Kier alpha value is -2.94. The van der Waals surface area contributed by atoms with Gasteiger partial charge in [0, 0.05) is 36.2 Å². The Kier molecular flexibility index (Phi) is 7.59. The van der Waals surface area contributed by atoms with E-state index < -0.39 is 0 Å². The molecule has 4 aromatic rings. The van der Waals surface area contributed by atoms with Crippen molar-refractivity contribution >= 4 is 40.3 Å². The molecule has 0 saturated heterocycles. The summed E-state index contributed by atoms with van der Waals surface area (Å²) in [4.78, 5) is 21.2. The highest BCUT2D eigenvalue weighted by molar-refractivity contribution is 7.98. The summed E-state index contributed by atoms with van der Waals surface area (Å²) in [6, 6.07) is 13.8. The summed E-state index contributed by atoms with van der Waals surface area (Å²) in [5.41, 5.74) is 4.20. The van der Waals surface area contributed by atoms with Crippen molar-refractivity contribution in [3.63, 3.8) is 0 Å². The molecular weight excluding hydrogens is 463 g/mol. The van der Waals surface area contributed by atoms with Crippen LogP contribution in [0.4, 0.5) is 4.39 Å². The Morgan fingerprint density at radius 3 is 2.79 bits per heavy atom. The molecule has 170 valence electrons. The van der Waals surface area contributed by atoms with Gasteiger partial charge in [0.05, 0.1) is 30.4 Å². The first kappa shape index (κ1) is 23.2. The maximum atomic E-state index is 13.4. The molecule has 33 heavy (non-hydrogen) atoms. The maximum Gasteiger partial charge on any atom is 0.251 e. The van der Waals surface area contributed by atoms with Crippen LogP contribution in [0.25, 0.3) is 11.0 Å². The van der Waals surface area contributed by atoms with E-state index in [0.29, 0.717) is 36.0 Å². The van der Waals surface area contributed by atoms with E-state index in [2.05, 4.69) is 14.9 Å². The third-order valence-electron chi connectivity index (χ3n) is 5.04. The minimum absolute atomic E-state index is 0.136. The van der Waals surface area contributed by atoms with Crippen molar-refractivity contribution in [2.24, 2.45) is 0 Å². The number of pyridine rings is 1. The van der Waals surface area contributed by atoms with Crippen molar-refractivity contribution in [1.82, 2.24) is 19.9 Å². The predicted octanol–water partition coefficient (Wildman–Crippen LogP) is 4.94. The van der Waals surface area contributed by atoms with Crippen molar-refractivity contribution in [1.29, 1.82) is 0 Å². The standard InChI is InChI=1S/C24H22ClFN4O2S/c1-32-11-10-28-23(31)17-4-2-16(3-5-17)14-30-22-13-27-9-8-21(22)29-24(30)33-15-18-6-7-19(26)12-20(18)25/h2-9,12-13H,10-11,14-15H2,1H3,(H,28,31). The number of hydrogen-bond donors (Lipinski definition) is 1. The molecule has 1 N–H and O–H groups in total. The first-order valence-electron chi connectivity index (χ1n) is 10.3. The van der Waals surface area contributed by atoms with E-state index in [-0.39, 0.29) is 11.7 Å². The van der Waals surface area contributed by atoms with Crippen molar-refractivity contribution < 1.29 is 13.9 Å². The lowest BCUT2D eigenvalue weighted by atomic mass is 10.1. The molecule has 0 aliphatic heterocycles. The number of carbonyl (C=O) groups is 1. The predicted molar refractivity (Wildman–Crippen MR) is 128 cm³/mol. The number of nitrogens with zero attached hydrogens (tertiary/aromatic N) is 3. The number of nitrogens with one attached hydrogen (secondary N) is 1. The van der Waals surface area contributed by atoms with Crippen molar-refractivity contribution in [2.75, 3.05) is 20.3 Å². The smallest absolute Gasteiger partial charge is 0.251 e. The molecule has 0 bridgehead atoms. The highest BCUT2D eigenvalue weighted by atomic mass is 35.5. The highest BCUT2D eigenvalue weighted by Gasteiger charge is 2.14. The van der Waals surface area contributed by atoms with E-state index in [0.717, 1.165) is 27.3 Å². The molecule has 4 rings (SSSR count). The van der Waals surface area contributed by atoms with Gasteiger partial charge in [-0.3, -0.25) is 9.78 Å². The number of aromatic nitrogens is 3. The van der Waals surface area contributed by atoms with Crippen molar-refractivity contribution in [2.45, 2.75) is 17.5 Å². The molecule has 0 fully saturated rings. The normalized spacial score (nSPS) is 11.1. The van der Waals surface area contributed by atoms with Gasteiger partial charge in [0.15, 0.2) is 5.16 Å². The lowest BCUT2D eigenvalue weighted by Crippen LogP contribution is -2.26. The highest BCUT2D eigenvalue weighted by Crippen LogP contribution is 2.30. The molecule has 0 aliphatic rings. The van der Waals surface area contributed by atoms with Crippen LogP contribution < -0.4 is 5.32 Å². The fourth-order valence-electron chi connectivity index (χ4n) is 3.30. The van der Waals surface area contributed by atoms with Gasteiger partial charge in [-0.2, -0.15) is 0 Å². The molecule has 1 amide bonds. The minimum Gasteiger partial charge on any atom is -0.383 e. The van der Waals surface area contributed by atoms with Crippen LogP contribution in [0.2, 0.25) is 5.02 Å². The van der Waals surface area contributed by atoms with Crippen LogP contribution >= 0.6 is 23.4 Å². The third-order valence-corrected chi connectivity index (χ3v) is 6.41. The average molecular weight is 485 g/mol. The second-order valence-electron chi connectivity index (χ2n) is 7.31. The van der Waals surface area contributed by atoms with Gasteiger partial charge in [-0.25, -0.2) is 9.37 Å². The number of fused-ring (bicyclic) bond motifs is 1. The maximum absolute atomic E-state index is 13.4. The molecular formula is C24H22ClFN4O2S. The molecule has 0 radical (unpaired) electrons. The fraction of sp³-hybridized carbons (Fsp3) is 0.208. The van der Waals surface area contributed by atoms with Gasteiger partial charge in [-0.15, -0.1) is 0 Å². The molecule has 9 heteroatoms. The van der Waals surface area contributed by atoms with Gasteiger partial charge in [0.25, 0.3) is 5.91 Å².